The topological polar surface area (TPSA) is 77.2 Å². The largest absolute Gasteiger partial charge is 0.496 e. The van der Waals surface area contributed by atoms with Crippen molar-refractivity contribution in [2.24, 2.45) is 0 Å². The number of ether oxygens (including phenoxy) is 1. The maximum atomic E-state index is 12.3. The number of nitrogens with two attached hydrogens (primary N) is 1. The molecular weight excluding hydrogens is 242 g/mol. The molecule has 0 radical (unpaired) electrons. The number of carbonyl (C=O) groups excluding carboxylic acids is 1. The van der Waals surface area contributed by atoms with Crippen molar-refractivity contribution in [2.45, 2.75) is 6.92 Å². The second-order valence-corrected chi connectivity index (χ2v) is 4.07. The second-order valence-electron chi connectivity index (χ2n) is 4.07. The minimum Gasteiger partial charge on any atom is -0.496 e. The van der Waals surface area contributed by atoms with Crippen LogP contribution in [0.2, 0.25) is 0 Å². The molecule has 5 heteroatoms. The van der Waals surface area contributed by atoms with Crippen molar-refractivity contribution < 1.29 is 9.53 Å². The molecule has 1 heterocycles. The number of nitrogens with one attached hydrogen (secondary N) is 1. The Labute approximate surface area is 111 Å². The van der Waals surface area contributed by atoms with Crippen molar-refractivity contribution in [2.75, 3.05) is 18.2 Å². The summed E-state index contributed by atoms with van der Waals surface area (Å²) < 4.78 is 5.16. The Kier molecular flexibility index (Phi) is 3.66. The normalized spacial score (nSPS) is 10.0. The number of hydrogen-bond acceptors (Lipinski definition) is 4. The molecule has 0 atom stereocenters. The van der Waals surface area contributed by atoms with Crippen LogP contribution in [-0.2, 0) is 0 Å². The zero-order chi connectivity index (χ0) is 13.8. The van der Waals surface area contributed by atoms with Gasteiger partial charge in [-0.25, -0.2) is 0 Å². The molecule has 0 aliphatic rings. The first-order valence-corrected chi connectivity index (χ1v) is 5.78. The van der Waals surface area contributed by atoms with Crippen LogP contribution in [-0.4, -0.2) is 18.0 Å². The molecule has 0 saturated heterocycles. The number of nitrogen functional groups attached to an aromatic ring is 1. The molecule has 3 N–H and O–H groups in total. The van der Waals surface area contributed by atoms with Gasteiger partial charge in [0.05, 0.1) is 7.11 Å². The number of amides is 1. The van der Waals surface area contributed by atoms with E-state index in [9.17, 15) is 4.79 Å². The molecule has 19 heavy (non-hydrogen) atoms. The van der Waals surface area contributed by atoms with Gasteiger partial charge in [0.1, 0.15) is 11.3 Å². The first kappa shape index (κ1) is 12.9. The quantitative estimate of drug-likeness (QED) is 0.827. The Hall–Kier alpha value is -2.56. The molecule has 0 aliphatic heterocycles. The van der Waals surface area contributed by atoms with Crippen LogP contribution in [0.15, 0.2) is 36.7 Å². The molecule has 0 saturated carbocycles. The maximum absolute atomic E-state index is 12.3. The Morgan fingerprint density at radius 3 is 2.84 bits per heavy atom. The Morgan fingerprint density at radius 1 is 1.37 bits per heavy atom. The minimum atomic E-state index is -0.302. The minimum absolute atomic E-state index is 0.302. The first-order valence-electron chi connectivity index (χ1n) is 5.78. The fraction of sp³-hybridized carbons (Fsp3) is 0.143. The van der Waals surface area contributed by atoms with E-state index in [0.717, 1.165) is 5.56 Å². The van der Waals surface area contributed by atoms with Crippen LogP contribution >= 0.6 is 0 Å². The average molecular weight is 257 g/mol. The Bertz CT molecular complexity index is 611. The van der Waals surface area contributed by atoms with Crippen molar-refractivity contribution in [3.05, 3.63) is 47.8 Å². The molecule has 5 nitrogen and oxygen atoms in total. The van der Waals surface area contributed by atoms with Gasteiger partial charge in [0.25, 0.3) is 5.91 Å². The molecule has 0 aliphatic carbocycles. The molecule has 2 aromatic rings. The fourth-order valence-electron chi connectivity index (χ4n) is 1.76. The number of rotatable bonds is 3. The lowest BCUT2D eigenvalue weighted by molar-refractivity contribution is 0.102. The summed E-state index contributed by atoms with van der Waals surface area (Å²) in [6.45, 7) is 1.87. The van der Waals surface area contributed by atoms with Crippen molar-refractivity contribution in [1.82, 2.24) is 4.98 Å². The van der Waals surface area contributed by atoms with Gasteiger partial charge >= 0.3 is 0 Å². The fourth-order valence-corrected chi connectivity index (χ4v) is 1.76. The highest BCUT2D eigenvalue weighted by Crippen LogP contribution is 2.25. The zero-order valence-corrected chi connectivity index (χ0v) is 10.8. The van der Waals surface area contributed by atoms with E-state index in [1.165, 1.54) is 7.11 Å². The average Bonchev–Trinajstić information content (AvgIpc) is 2.40. The predicted molar refractivity (Wildman–Crippen MR) is 74.3 cm³/mol. The number of methoxy groups -OCH3 is 1. The SMILES string of the molecule is COc1cccc(N)c1C(=O)Nc1ccncc1C. The number of hydrogen-bond donors (Lipinski definition) is 2. The summed E-state index contributed by atoms with van der Waals surface area (Å²) in [5.74, 6) is 0.147. The lowest BCUT2D eigenvalue weighted by Crippen LogP contribution is -2.16. The maximum Gasteiger partial charge on any atom is 0.261 e. The van der Waals surface area contributed by atoms with Crippen LogP contribution in [0, 0.1) is 6.92 Å². The Morgan fingerprint density at radius 2 is 2.16 bits per heavy atom. The van der Waals surface area contributed by atoms with E-state index in [1.54, 1.807) is 36.7 Å². The molecule has 1 amide bonds. The van der Waals surface area contributed by atoms with Crippen LogP contribution < -0.4 is 15.8 Å². The number of anilines is 2. The molecule has 98 valence electrons. The zero-order valence-electron chi connectivity index (χ0n) is 10.8. The van der Waals surface area contributed by atoms with Gasteiger partial charge in [0.15, 0.2) is 0 Å². The van der Waals surface area contributed by atoms with Gasteiger partial charge in [-0.2, -0.15) is 0 Å². The Balaban J connectivity index is 2.33. The van der Waals surface area contributed by atoms with E-state index in [1.807, 2.05) is 6.92 Å². The van der Waals surface area contributed by atoms with Crippen molar-refractivity contribution in [3.63, 3.8) is 0 Å². The van der Waals surface area contributed by atoms with E-state index in [0.29, 0.717) is 22.7 Å². The number of aryl methyl sites for hydroxylation is 1. The van der Waals surface area contributed by atoms with Gasteiger partial charge in [-0.05, 0) is 30.7 Å². The number of nitrogens with zero attached hydrogens (tertiary/aromatic N) is 1. The predicted octanol–water partition coefficient (Wildman–Crippen LogP) is 2.23. The summed E-state index contributed by atoms with van der Waals surface area (Å²) in [6, 6.07) is 6.84. The summed E-state index contributed by atoms with van der Waals surface area (Å²) in [5, 5.41) is 2.80. The smallest absolute Gasteiger partial charge is 0.261 e. The van der Waals surface area contributed by atoms with Crippen molar-refractivity contribution in [1.29, 1.82) is 0 Å². The summed E-state index contributed by atoms with van der Waals surface area (Å²) in [4.78, 5) is 16.3. The third-order valence-corrected chi connectivity index (χ3v) is 2.77. The van der Waals surface area contributed by atoms with E-state index < -0.39 is 0 Å². The summed E-state index contributed by atoms with van der Waals surface area (Å²) in [5.41, 5.74) is 8.13. The highest BCUT2D eigenvalue weighted by atomic mass is 16.5. The molecular formula is C14H15N3O2. The number of carbonyl (C=O) groups is 1. The highest BCUT2D eigenvalue weighted by Gasteiger charge is 2.16. The summed E-state index contributed by atoms with van der Waals surface area (Å²) in [7, 11) is 1.50. The molecule has 1 aromatic heterocycles. The standard InChI is InChI=1S/C14H15N3O2/c1-9-8-16-7-6-11(9)17-14(18)13-10(15)4-3-5-12(13)19-2/h3-8H,15H2,1-2H3,(H,16,17,18). The van der Waals surface area contributed by atoms with Gasteiger partial charge in [0.2, 0.25) is 0 Å². The number of pyridine rings is 1. The van der Waals surface area contributed by atoms with Gasteiger partial charge in [-0.15, -0.1) is 0 Å². The van der Waals surface area contributed by atoms with Crippen molar-refractivity contribution in [3.8, 4) is 5.75 Å². The summed E-state index contributed by atoms with van der Waals surface area (Å²) >= 11 is 0. The molecule has 1 aromatic carbocycles. The van der Waals surface area contributed by atoms with E-state index >= 15 is 0 Å². The number of aromatic nitrogens is 1. The lowest BCUT2D eigenvalue weighted by Gasteiger charge is -2.12. The van der Waals surface area contributed by atoms with Gasteiger partial charge in [0, 0.05) is 23.8 Å². The van der Waals surface area contributed by atoms with E-state index in [2.05, 4.69) is 10.3 Å². The second kappa shape index (κ2) is 5.39. The van der Waals surface area contributed by atoms with Crippen LogP contribution in [0.1, 0.15) is 15.9 Å². The molecule has 2 rings (SSSR count). The van der Waals surface area contributed by atoms with Crippen LogP contribution in [0.3, 0.4) is 0 Å². The molecule has 0 fully saturated rings. The van der Waals surface area contributed by atoms with Crippen LogP contribution in [0.4, 0.5) is 11.4 Å². The van der Waals surface area contributed by atoms with Crippen molar-refractivity contribution >= 4 is 17.3 Å². The molecule has 0 unspecified atom stereocenters. The lowest BCUT2D eigenvalue weighted by atomic mass is 10.1. The van der Waals surface area contributed by atoms with E-state index in [-0.39, 0.29) is 5.91 Å². The monoisotopic (exact) mass is 257 g/mol. The molecule has 0 bridgehead atoms. The number of benzene rings is 1. The van der Waals surface area contributed by atoms with Gasteiger partial charge in [-0.1, -0.05) is 6.07 Å². The first-order chi connectivity index (χ1) is 9.13. The highest BCUT2D eigenvalue weighted by molar-refractivity contribution is 6.10. The van der Waals surface area contributed by atoms with Gasteiger partial charge < -0.3 is 15.8 Å². The molecule has 0 spiro atoms. The van der Waals surface area contributed by atoms with Crippen LogP contribution in [0.25, 0.3) is 0 Å². The third kappa shape index (κ3) is 2.65. The summed E-state index contributed by atoms with van der Waals surface area (Å²) in [6.07, 6.45) is 3.30. The van der Waals surface area contributed by atoms with Gasteiger partial charge in [-0.3, -0.25) is 9.78 Å². The van der Waals surface area contributed by atoms with Crippen LogP contribution in [0.5, 0.6) is 5.75 Å². The van der Waals surface area contributed by atoms with E-state index in [4.69, 9.17) is 10.5 Å². The third-order valence-electron chi connectivity index (χ3n) is 2.77.